The third kappa shape index (κ3) is 4.49. The Hall–Kier alpha value is -2.01. The highest BCUT2D eigenvalue weighted by atomic mass is 32.2. The summed E-state index contributed by atoms with van der Waals surface area (Å²) in [6.07, 6.45) is 0. The van der Waals surface area contributed by atoms with Crippen molar-refractivity contribution in [2.45, 2.75) is 31.0 Å². The van der Waals surface area contributed by atoms with Gasteiger partial charge in [-0.2, -0.15) is 0 Å². The Labute approximate surface area is 129 Å². The van der Waals surface area contributed by atoms with Crippen molar-refractivity contribution in [3.05, 3.63) is 47.7 Å². The zero-order valence-corrected chi connectivity index (χ0v) is 13.2. The predicted molar refractivity (Wildman–Crippen MR) is 88.5 cm³/mol. The first kappa shape index (κ1) is 15.4. The van der Waals surface area contributed by atoms with E-state index >= 15 is 0 Å². The van der Waals surface area contributed by atoms with Crippen LogP contribution in [-0.2, 0) is 4.79 Å². The van der Waals surface area contributed by atoms with Crippen LogP contribution in [0.2, 0.25) is 0 Å². The lowest BCUT2D eigenvalue weighted by Gasteiger charge is -2.12. The van der Waals surface area contributed by atoms with E-state index in [1.54, 1.807) is 24.3 Å². The molecule has 4 nitrogen and oxygen atoms in total. The number of thioether (sulfide) groups is 1. The highest BCUT2D eigenvalue weighted by Gasteiger charge is 2.15. The van der Waals surface area contributed by atoms with E-state index in [9.17, 15) is 4.79 Å². The first-order chi connectivity index (χ1) is 9.94. The highest BCUT2D eigenvalue weighted by Crippen LogP contribution is 2.24. The summed E-state index contributed by atoms with van der Waals surface area (Å²) in [5, 5.41) is 3.52. The number of hydrogen-bond acceptors (Lipinski definition) is 4. The molecule has 0 radical (unpaired) electrons. The van der Waals surface area contributed by atoms with Crippen molar-refractivity contribution in [2.75, 3.05) is 11.1 Å². The van der Waals surface area contributed by atoms with E-state index in [1.165, 1.54) is 11.8 Å². The molecule has 0 aliphatic carbocycles. The molecule has 5 heteroatoms. The molecule has 1 aromatic heterocycles. The van der Waals surface area contributed by atoms with Gasteiger partial charge in [-0.1, -0.05) is 11.8 Å². The lowest BCUT2D eigenvalue weighted by molar-refractivity contribution is -0.115. The summed E-state index contributed by atoms with van der Waals surface area (Å²) in [6.45, 7) is 5.85. The molecule has 1 unspecified atom stereocenters. The number of benzene rings is 1. The van der Waals surface area contributed by atoms with Crippen LogP contribution >= 0.6 is 11.8 Å². The van der Waals surface area contributed by atoms with Gasteiger partial charge < -0.3 is 11.1 Å². The minimum absolute atomic E-state index is 0.0502. The van der Waals surface area contributed by atoms with E-state index in [0.29, 0.717) is 5.69 Å². The highest BCUT2D eigenvalue weighted by molar-refractivity contribution is 8.00. The number of nitrogens with zero attached hydrogens (tertiary/aromatic N) is 1. The molecule has 0 fully saturated rings. The van der Waals surface area contributed by atoms with Crippen LogP contribution in [0.1, 0.15) is 18.2 Å². The Morgan fingerprint density at radius 3 is 2.52 bits per heavy atom. The summed E-state index contributed by atoms with van der Waals surface area (Å²) >= 11 is 1.45. The van der Waals surface area contributed by atoms with Crippen LogP contribution in [0.5, 0.6) is 0 Å². The quantitative estimate of drug-likeness (QED) is 0.671. The van der Waals surface area contributed by atoms with Gasteiger partial charge in [-0.25, -0.2) is 4.98 Å². The summed E-state index contributed by atoms with van der Waals surface area (Å²) in [5.74, 6) is -0.0502. The number of nitrogen functional groups attached to an aromatic ring is 1. The number of nitrogens with one attached hydrogen (secondary N) is 1. The van der Waals surface area contributed by atoms with E-state index in [2.05, 4.69) is 10.3 Å². The predicted octanol–water partition coefficient (Wildman–Crippen LogP) is 3.40. The standard InChI is InChI=1S/C16H19N3OS/c1-10-8-11(2)18-15(9-10)21-12(3)16(20)19-14-6-4-13(17)5-7-14/h4-9,12H,17H2,1-3H3,(H,19,20). The van der Waals surface area contributed by atoms with Crippen molar-refractivity contribution in [2.24, 2.45) is 0 Å². The first-order valence-electron chi connectivity index (χ1n) is 6.72. The maximum Gasteiger partial charge on any atom is 0.237 e. The Morgan fingerprint density at radius 2 is 1.90 bits per heavy atom. The maximum atomic E-state index is 12.2. The fourth-order valence-electron chi connectivity index (χ4n) is 1.91. The number of pyridine rings is 1. The molecule has 2 rings (SSSR count). The Balaban J connectivity index is 2.00. The van der Waals surface area contributed by atoms with Gasteiger partial charge in [0.25, 0.3) is 0 Å². The molecule has 3 N–H and O–H groups in total. The number of carbonyl (C=O) groups is 1. The molecule has 0 aliphatic rings. The van der Waals surface area contributed by atoms with Gasteiger partial charge in [0.15, 0.2) is 0 Å². The Kier molecular flexibility index (Phi) is 4.85. The van der Waals surface area contributed by atoms with Gasteiger partial charge in [0.2, 0.25) is 5.91 Å². The molecule has 0 spiro atoms. The third-order valence-electron chi connectivity index (χ3n) is 2.92. The lowest BCUT2D eigenvalue weighted by atomic mass is 10.3. The molecule has 1 aromatic carbocycles. The third-order valence-corrected chi connectivity index (χ3v) is 3.94. The summed E-state index contributed by atoms with van der Waals surface area (Å²) in [7, 11) is 0. The van der Waals surface area contributed by atoms with Crippen LogP contribution in [0.3, 0.4) is 0 Å². The van der Waals surface area contributed by atoms with E-state index < -0.39 is 0 Å². The zero-order valence-electron chi connectivity index (χ0n) is 12.4. The van der Waals surface area contributed by atoms with Gasteiger partial charge in [-0.05, 0) is 62.7 Å². The molecular formula is C16H19N3OS. The molecule has 0 saturated carbocycles. The number of hydrogen-bond donors (Lipinski definition) is 2. The number of aryl methyl sites for hydroxylation is 2. The van der Waals surface area contributed by atoms with Crippen molar-refractivity contribution in [3.63, 3.8) is 0 Å². The topological polar surface area (TPSA) is 68.0 Å². The number of aromatic nitrogens is 1. The average molecular weight is 301 g/mol. The van der Waals surface area contributed by atoms with Gasteiger partial charge in [0.1, 0.15) is 0 Å². The van der Waals surface area contributed by atoms with Crippen molar-refractivity contribution in [1.29, 1.82) is 0 Å². The average Bonchev–Trinajstić information content (AvgIpc) is 2.40. The molecule has 1 atom stereocenters. The Bertz CT molecular complexity index is 620. The molecule has 0 aliphatic heterocycles. The smallest absolute Gasteiger partial charge is 0.237 e. The lowest BCUT2D eigenvalue weighted by Crippen LogP contribution is -2.22. The van der Waals surface area contributed by atoms with E-state index in [1.807, 2.05) is 32.9 Å². The molecule has 21 heavy (non-hydrogen) atoms. The summed E-state index contributed by atoms with van der Waals surface area (Å²) < 4.78 is 0. The van der Waals surface area contributed by atoms with Gasteiger partial charge in [0.05, 0.1) is 10.3 Å². The SMILES string of the molecule is Cc1cc(C)nc(SC(C)C(=O)Nc2ccc(N)cc2)c1. The van der Waals surface area contributed by atoms with Crippen molar-refractivity contribution in [1.82, 2.24) is 4.98 Å². The molecule has 110 valence electrons. The molecular weight excluding hydrogens is 282 g/mol. The van der Waals surface area contributed by atoms with Gasteiger partial charge >= 0.3 is 0 Å². The molecule has 1 heterocycles. The number of amides is 1. The molecule has 1 amide bonds. The second-order valence-corrected chi connectivity index (χ2v) is 6.36. The van der Waals surface area contributed by atoms with E-state index in [4.69, 9.17) is 5.73 Å². The van der Waals surface area contributed by atoms with E-state index in [0.717, 1.165) is 22.0 Å². The number of rotatable bonds is 4. The second-order valence-electron chi connectivity index (χ2n) is 5.00. The largest absolute Gasteiger partial charge is 0.399 e. The van der Waals surface area contributed by atoms with Crippen molar-refractivity contribution >= 4 is 29.0 Å². The number of anilines is 2. The monoisotopic (exact) mass is 301 g/mol. The summed E-state index contributed by atoms with van der Waals surface area (Å²) in [6, 6.07) is 11.1. The van der Waals surface area contributed by atoms with Gasteiger partial charge in [-0.15, -0.1) is 0 Å². The van der Waals surface area contributed by atoms with Gasteiger partial charge in [0, 0.05) is 17.1 Å². The van der Waals surface area contributed by atoms with Crippen LogP contribution in [0, 0.1) is 13.8 Å². The second kappa shape index (κ2) is 6.63. The van der Waals surface area contributed by atoms with Crippen LogP contribution in [-0.4, -0.2) is 16.1 Å². The van der Waals surface area contributed by atoms with Crippen LogP contribution < -0.4 is 11.1 Å². The van der Waals surface area contributed by atoms with Gasteiger partial charge in [-0.3, -0.25) is 4.79 Å². The minimum atomic E-state index is -0.226. The molecule has 0 saturated heterocycles. The van der Waals surface area contributed by atoms with Crippen molar-refractivity contribution < 1.29 is 4.79 Å². The zero-order chi connectivity index (χ0) is 15.4. The van der Waals surface area contributed by atoms with Crippen molar-refractivity contribution in [3.8, 4) is 0 Å². The fourth-order valence-corrected chi connectivity index (χ4v) is 2.89. The summed E-state index contributed by atoms with van der Waals surface area (Å²) in [4.78, 5) is 16.6. The van der Waals surface area contributed by atoms with Crippen LogP contribution in [0.25, 0.3) is 0 Å². The maximum absolute atomic E-state index is 12.2. The summed E-state index contributed by atoms with van der Waals surface area (Å²) in [5.41, 5.74) is 9.15. The minimum Gasteiger partial charge on any atom is -0.399 e. The van der Waals surface area contributed by atoms with Crippen LogP contribution in [0.4, 0.5) is 11.4 Å². The Morgan fingerprint density at radius 1 is 1.24 bits per heavy atom. The molecule has 0 bridgehead atoms. The normalized spacial score (nSPS) is 12.0. The molecule has 2 aromatic rings. The number of carbonyl (C=O) groups excluding carboxylic acids is 1. The van der Waals surface area contributed by atoms with Crippen LogP contribution in [0.15, 0.2) is 41.4 Å². The van der Waals surface area contributed by atoms with E-state index in [-0.39, 0.29) is 11.2 Å². The number of nitrogens with two attached hydrogens (primary N) is 1. The fraction of sp³-hybridized carbons (Fsp3) is 0.250. The first-order valence-corrected chi connectivity index (χ1v) is 7.60.